The van der Waals surface area contributed by atoms with Crippen LogP contribution in [-0.2, 0) is 0 Å². The Morgan fingerprint density at radius 2 is 2.16 bits per heavy atom. The maximum Gasteiger partial charge on any atom is 0.168 e. The first-order chi connectivity index (χ1) is 9.20. The van der Waals surface area contributed by atoms with Crippen LogP contribution in [0.2, 0.25) is 5.02 Å². The van der Waals surface area contributed by atoms with Crippen molar-refractivity contribution in [1.29, 1.82) is 5.26 Å². The minimum absolute atomic E-state index is 0.249. The van der Waals surface area contributed by atoms with Gasteiger partial charge in [0.1, 0.15) is 10.5 Å². The third-order valence-corrected chi connectivity index (χ3v) is 3.93. The molecular formula is C13H5ClFN3S. The number of aromatic nitrogens is 2. The molecule has 0 aliphatic heterocycles. The predicted molar refractivity (Wildman–Crippen MR) is 72.5 cm³/mol. The Morgan fingerprint density at radius 3 is 2.89 bits per heavy atom. The summed E-state index contributed by atoms with van der Waals surface area (Å²) in [6.07, 6.45) is 2.66. The van der Waals surface area contributed by atoms with Gasteiger partial charge in [0.2, 0.25) is 0 Å². The SMILES string of the molecule is N#Cc1cccc(Cl)c1-c1nc2c(F)cncc2s1. The number of nitriles is 1. The zero-order valence-corrected chi connectivity index (χ0v) is 11.0. The topological polar surface area (TPSA) is 49.6 Å². The summed E-state index contributed by atoms with van der Waals surface area (Å²) >= 11 is 7.38. The highest BCUT2D eigenvalue weighted by Gasteiger charge is 2.15. The van der Waals surface area contributed by atoms with E-state index in [1.165, 1.54) is 11.3 Å². The molecule has 19 heavy (non-hydrogen) atoms. The summed E-state index contributed by atoms with van der Waals surface area (Å²) in [6, 6.07) is 7.09. The quantitative estimate of drug-likeness (QED) is 0.680. The second-order valence-corrected chi connectivity index (χ2v) is 5.20. The van der Waals surface area contributed by atoms with Crippen LogP contribution in [0.1, 0.15) is 5.56 Å². The molecule has 0 N–H and O–H groups in total. The largest absolute Gasteiger partial charge is 0.260 e. The highest BCUT2D eigenvalue weighted by molar-refractivity contribution is 7.21. The van der Waals surface area contributed by atoms with Crippen LogP contribution in [0.5, 0.6) is 0 Å². The van der Waals surface area contributed by atoms with Gasteiger partial charge in [0.25, 0.3) is 0 Å². The Labute approximate surface area is 116 Å². The summed E-state index contributed by atoms with van der Waals surface area (Å²) in [5.41, 5.74) is 1.20. The Morgan fingerprint density at radius 1 is 1.32 bits per heavy atom. The summed E-state index contributed by atoms with van der Waals surface area (Å²) in [5.74, 6) is -0.481. The van der Waals surface area contributed by atoms with Crippen molar-refractivity contribution in [1.82, 2.24) is 9.97 Å². The van der Waals surface area contributed by atoms with Crippen molar-refractivity contribution < 1.29 is 4.39 Å². The highest BCUT2D eigenvalue weighted by Crippen LogP contribution is 2.36. The van der Waals surface area contributed by atoms with Crippen LogP contribution >= 0.6 is 22.9 Å². The van der Waals surface area contributed by atoms with Gasteiger partial charge >= 0.3 is 0 Å². The average Bonchev–Trinajstić information content (AvgIpc) is 2.83. The number of halogens is 2. The molecule has 2 aromatic heterocycles. The van der Waals surface area contributed by atoms with Crippen LogP contribution < -0.4 is 0 Å². The van der Waals surface area contributed by atoms with Crippen LogP contribution in [0.25, 0.3) is 20.8 Å². The number of nitrogens with zero attached hydrogens (tertiary/aromatic N) is 3. The van der Waals surface area contributed by atoms with Crippen molar-refractivity contribution in [2.45, 2.75) is 0 Å². The van der Waals surface area contributed by atoms with E-state index >= 15 is 0 Å². The molecule has 0 saturated heterocycles. The van der Waals surface area contributed by atoms with Crippen LogP contribution in [0, 0.1) is 17.1 Å². The first-order valence-corrected chi connectivity index (χ1v) is 6.49. The number of fused-ring (bicyclic) bond motifs is 1. The maximum absolute atomic E-state index is 13.6. The van der Waals surface area contributed by atoms with Crippen LogP contribution in [0.15, 0.2) is 30.6 Å². The number of hydrogen-bond acceptors (Lipinski definition) is 4. The van der Waals surface area contributed by atoms with Crippen molar-refractivity contribution in [2.75, 3.05) is 0 Å². The smallest absolute Gasteiger partial charge is 0.168 e. The van der Waals surface area contributed by atoms with Crippen molar-refractivity contribution in [3.05, 3.63) is 47.0 Å². The maximum atomic E-state index is 13.6. The molecule has 0 amide bonds. The van der Waals surface area contributed by atoms with E-state index in [9.17, 15) is 4.39 Å². The molecule has 0 radical (unpaired) electrons. The molecule has 0 unspecified atom stereocenters. The molecule has 1 aromatic carbocycles. The molecule has 2 heterocycles. The van der Waals surface area contributed by atoms with E-state index in [4.69, 9.17) is 16.9 Å². The number of hydrogen-bond donors (Lipinski definition) is 0. The van der Waals surface area contributed by atoms with E-state index in [2.05, 4.69) is 16.0 Å². The molecule has 3 aromatic rings. The first kappa shape index (κ1) is 12.0. The molecule has 0 aliphatic carbocycles. The van der Waals surface area contributed by atoms with E-state index < -0.39 is 5.82 Å². The Kier molecular flexibility index (Phi) is 2.90. The zero-order chi connectivity index (χ0) is 13.4. The van der Waals surface area contributed by atoms with E-state index in [1.807, 2.05) is 0 Å². The lowest BCUT2D eigenvalue weighted by Crippen LogP contribution is -1.85. The van der Waals surface area contributed by atoms with Crippen LogP contribution in [0.4, 0.5) is 4.39 Å². The summed E-state index contributed by atoms with van der Waals surface area (Å²) in [7, 11) is 0. The molecule has 0 atom stereocenters. The molecule has 0 saturated carbocycles. The van der Waals surface area contributed by atoms with Gasteiger partial charge in [0.15, 0.2) is 5.82 Å². The fourth-order valence-electron chi connectivity index (χ4n) is 1.76. The average molecular weight is 290 g/mol. The standard InChI is InChI=1S/C13H5ClFN3S/c14-8-3-1-2-7(4-16)11(8)13-18-12-9(15)5-17-6-10(12)19-13/h1-3,5-6H. The molecule has 92 valence electrons. The summed E-state index contributed by atoms with van der Waals surface area (Å²) in [6.45, 7) is 0. The monoisotopic (exact) mass is 289 g/mol. The molecular weight excluding hydrogens is 285 g/mol. The van der Waals surface area contributed by atoms with Crippen molar-refractivity contribution in [3.8, 4) is 16.6 Å². The summed E-state index contributed by atoms with van der Waals surface area (Å²) in [5, 5.41) is 10.1. The van der Waals surface area contributed by atoms with Crippen molar-refractivity contribution >= 4 is 33.2 Å². The van der Waals surface area contributed by atoms with Gasteiger partial charge in [0.05, 0.1) is 27.6 Å². The number of rotatable bonds is 1. The third-order valence-electron chi connectivity index (χ3n) is 2.61. The minimum atomic E-state index is -0.481. The number of thiazole rings is 1. The minimum Gasteiger partial charge on any atom is -0.260 e. The molecule has 0 bridgehead atoms. The molecule has 0 spiro atoms. The van der Waals surface area contributed by atoms with Gasteiger partial charge in [-0.25, -0.2) is 9.37 Å². The van der Waals surface area contributed by atoms with E-state index in [0.29, 0.717) is 25.9 Å². The second kappa shape index (κ2) is 4.57. The van der Waals surface area contributed by atoms with Crippen LogP contribution in [0.3, 0.4) is 0 Å². The second-order valence-electron chi connectivity index (χ2n) is 3.76. The van der Waals surface area contributed by atoms with Gasteiger partial charge in [-0.1, -0.05) is 17.7 Å². The van der Waals surface area contributed by atoms with Gasteiger partial charge in [0, 0.05) is 11.8 Å². The lowest BCUT2D eigenvalue weighted by molar-refractivity contribution is 0.631. The summed E-state index contributed by atoms with van der Waals surface area (Å²) < 4.78 is 14.2. The fourth-order valence-corrected chi connectivity index (χ4v) is 3.10. The van der Waals surface area contributed by atoms with Gasteiger partial charge in [-0.3, -0.25) is 4.98 Å². The lowest BCUT2D eigenvalue weighted by Gasteiger charge is -2.01. The molecule has 3 rings (SSSR count). The fraction of sp³-hybridized carbons (Fsp3) is 0. The highest BCUT2D eigenvalue weighted by atomic mass is 35.5. The van der Waals surface area contributed by atoms with Crippen molar-refractivity contribution in [3.63, 3.8) is 0 Å². The predicted octanol–water partition coefficient (Wildman–Crippen LogP) is 4.02. The van der Waals surface area contributed by atoms with Crippen LogP contribution in [-0.4, -0.2) is 9.97 Å². The Balaban J connectivity index is 2.32. The molecule has 0 aliphatic rings. The van der Waals surface area contributed by atoms with Gasteiger partial charge in [-0.05, 0) is 12.1 Å². The number of pyridine rings is 1. The molecule has 3 nitrogen and oxygen atoms in total. The van der Waals surface area contributed by atoms with Crippen molar-refractivity contribution in [2.24, 2.45) is 0 Å². The van der Waals surface area contributed by atoms with E-state index in [0.717, 1.165) is 6.20 Å². The first-order valence-electron chi connectivity index (χ1n) is 5.29. The van der Waals surface area contributed by atoms with Gasteiger partial charge in [-0.15, -0.1) is 11.3 Å². The summed E-state index contributed by atoms with van der Waals surface area (Å²) in [4.78, 5) is 8.00. The Bertz CT molecular complexity index is 822. The van der Waals surface area contributed by atoms with Gasteiger partial charge < -0.3 is 0 Å². The third kappa shape index (κ3) is 1.95. The van der Waals surface area contributed by atoms with E-state index in [1.54, 1.807) is 24.4 Å². The molecule has 0 fully saturated rings. The normalized spacial score (nSPS) is 10.6. The van der Waals surface area contributed by atoms with Gasteiger partial charge in [-0.2, -0.15) is 5.26 Å². The zero-order valence-electron chi connectivity index (χ0n) is 9.39. The Hall–Kier alpha value is -2.03. The molecule has 6 heteroatoms. The number of benzene rings is 1. The van der Waals surface area contributed by atoms with E-state index in [-0.39, 0.29) is 5.52 Å². The lowest BCUT2D eigenvalue weighted by atomic mass is 10.1.